The summed E-state index contributed by atoms with van der Waals surface area (Å²) in [6, 6.07) is 6.64. The molecule has 0 bridgehead atoms. The number of anilines is 1. The van der Waals surface area contributed by atoms with Crippen LogP contribution in [0, 0.1) is 13.8 Å². The van der Waals surface area contributed by atoms with Gasteiger partial charge in [-0.05, 0) is 38.1 Å². The van der Waals surface area contributed by atoms with Crippen LogP contribution in [0.15, 0.2) is 24.3 Å². The number of methoxy groups -OCH3 is 1. The van der Waals surface area contributed by atoms with Crippen molar-refractivity contribution in [3.63, 3.8) is 0 Å². The summed E-state index contributed by atoms with van der Waals surface area (Å²) in [4.78, 5) is 20.4. The van der Waals surface area contributed by atoms with Crippen LogP contribution in [0.3, 0.4) is 0 Å². The van der Waals surface area contributed by atoms with Gasteiger partial charge in [0.25, 0.3) is 5.91 Å². The molecule has 6 heteroatoms. The molecule has 0 spiro atoms. The van der Waals surface area contributed by atoms with E-state index in [-0.39, 0.29) is 11.9 Å². The van der Waals surface area contributed by atoms with Crippen molar-refractivity contribution in [3.8, 4) is 5.75 Å². The van der Waals surface area contributed by atoms with E-state index >= 15 is 0 Å². The average Bonchev–Trinajstić information content (AvgIpc) is 2.37. The predicted molar refractivity (Wildman–Crippen MR) is 77.5 cm³/mol. The van der Waals surface area contributed by atoms with Gasteiger partial charge in [0, 0.05) is 17.0 Å². The molecule has 0 atom stereocenters. The first-order valence-corrected chi connectivity index (χ1v) is 6.34. The average molecular weight is 292 g/mol. The summed E-state index contributed by atoms with van der Waals surface area (Å²) in [5, 5.41) is 3.02. The standard InChI is InChI=1S/C14H14ClN3O2/c1-8-6-9(2)17-14(16-8)18-13(19)10-4-5-12(20-3)11(15)7-10/h4-7H,1-3H3,(H,16,17,18,19). The number of hydrogen-bond acceptors (Lipinski definition) is 4. The van der Waals surface area contributed by atoms with Crippen LogP contribution in [0.5, 0.6) is 5.75 Å². The van der Waals surface area contributed by atoms with Crippen LogP contribution >= 0.6 is 11.6 Å². The Bertz CT molecular complexity index is 639. The molecule has 0 aliphatic carbocycles. The number of halogens is 1. The Labute approximate surface area is 122 Å². The molecule has 1 amide bonds. The van der Waals surface area contributed by atoms with Gasteiger partial charge in [-0.2, -0.15) is 0 Å². The SMILES string of the molecule is COc1ccc(C(=O)Nc2nc(C)cc(C)n2)cc1Cl. The van der Waals surface area contributed by atoms with E-state index < -0.39 is 0 Å². The van der Waals surface area contributed by atoms with Crippen LogP contribution in [0.1, 0.15) is 21.7 Å². The first-order chi connectivity index (χ1) is 9.49. The van der Waals surface area contributed by atoms with Crippen molar-refractivity contribution in [2.24, 2.45) is 0 Å². The normalized spacial score (nSPS) is 10.2. The van der Waals surface area contributed by atoms with E-state index in [0.29, 0.717) is 16.3 Å². The van der Waals surface area contributed by atoms with Crippen molar-refractivity contribution in [1.82, 2.24) is 9.97 Å². The molecule has 0 saturated carbocycles. The lowest BCUT2D eigenvalue weighted by atomic mass is 10.2. The van der Waals surface area contributed by atoms with E-state index in [1.807, 2.05) is 19.9 Å². The van der Waals surface area contributed by atoms with E-state index in [4.69, 9.17) is 16.3 Å². The Kier molecular flexibility index (Phi) is 4.20. The van der Waals surface area contributed by atoms with Gasteiger partial charge in [0.1, 0.15) is 5.75 Å². The molecule has 2 aromatic rings. The second-order valence-corrected chi connectivity index (χ2v) is 4.68. The van der Waals surface area contributed by atoms with Gasteiger partial charge in [-0.3, -0.25) is 10.1 Å². The number of amides is 1. The molecule has 104 valence electrons. The number of hydrogen-bond donors (Lipinski definition) is 1. The van der Waals surface area contributed by atoms with Crippen molar-refractivity contribution >= 4 is 23.5 Å². The predicted octanol–water partition coefficient (Wildman–Crippen LogP) is 3.01. The third kappa shape index (κ3) is 3.24. The highest BCUT2D eigenvalue weighted by Gasteiger charge is 2.11. The van der Waals surface area contributed by atoms with Gasteiger partial charge in [-0.25, -0.2) is 9.97 Å². The number of benzene rings is 1. The van der Waals surface area contributed by atoms with Crippen LogP contribution in [0.25, 0.3) is 0 Å². The summed E-state index contributed by atoms with van der Waals surface area (Å²) in [6.45, 7) is 3.68. The van der Waals surface area contributed by atoms with Crippen LogP contribution in [-0.2, 0) is 0 Å². The highest BCUT2D eigenvalue weighted by atomic mass is 35.5. The molecule has 1 aromatic heterocycles. The number of aromatic nitrogens is 2. The maximum absolute atomic E-state index is 12.1. The number of nitrogens with one attached hydrogen (secondary N) is 1. The minimum atomic E-state index is -0.320. The minimum absolute atomic E-state index is 0.277. The lowest BCUT2D eigenvalue weighted by Crippen LogP contribution is -2.15. The fourth-order valence-electron chi connectivity index (χ4n) is 1.76. The maximum Gasteiger partial charge on any atom is 0.258 e. The van der Waals surface area contributed by atoms with E-state index in [1.54, 1.807) is 18.2 Å². The van der Waals surface area contributed by atoms with Gasteiger partial charge < -0.3 is 4.74 Å². The number of carbonyl (C=O) groups excluding carboxylic acids is 1. The molecule has 1 heterocycles. The second-order valence-electron chi connectivity index (χ2n) is 4.28. The third-order valence-corrected chi connectivity index (χ3v) is 2.92. The van der Waals surface area contributed by atoms with Gasteiger partial charge in [0.05, 0.1) is 12.1 Å². The molecular formula is C14H14ClN3O2. The first-order valence-electron chi connectivity index (χ1n) is 5.97. The number of nitrogens with zero attached hydrogens (tertiary/aromatic N) is 2. The zero-order valence-electron chi connectivity index (χ0n) is 11.4. The molecule has 0 aliphatic rings. The highest BCUT2D eigenvalue weighted by Crippen LogP contribution is 2.25. The molecule has 5 nitrogen and oxygen atoms in total. The van der Waals surface area contributed by atoms with Gasteiger partial charge in [0.2, 0.25) is 5.95 Å². The Hall–Kier alpha value is -2.14. The zero-order valence-corrected chi connectivity index (χ0v) is 12.2. The minimum Gasteiger partial charge on any atom is -0.495 e. The summed E-state index contributed by atoms with van der Waals surface area (Å²) >= 11 is 5.99. The molecule has 0 aliphatic heterocycles. The van der Waals surface area contributed by atoms with E-state index in [9.17, 15) is 4.79 Å². The number of rotatable bonds is 3. The van der Waals surface area contributed by atoms with Crippen molar-refractivity contribution in [2.45, 2.75) is 13.8 Å². The van der Waals surface area contributed by atoms with Crippen LogP contribution in [0.2, 0.25) is 5.02 Å². The van der Waals surface area contributed by atoms with Crippen molar-refractivity contribution < 1.29 is 9.53 Å². The van der Waals surface area contributed by atoms with E-state index in [0.717, 1.165) is 11.4 Å². The second kappa shape index (κ2) is 5.88. The first kappa shape index (κ1) is 14.3. The molecule has 0 unspecified atom stereocenters. The zero-order chi connectivity index (χ0) is 14.7. The molecule has 1 N–H and O–H groups in total. The Balaban J connectivity index is 2.21. The lowest BCUT2D eigenvalue weighted by molar-refractivity contribution is 0.102. The van der Waals surface area contributed by atoms with Gasteiger partial charge >= 0.3 is 0 Å². The van der Waals surface area contributed by atoms with Gasteiger partial charge in [-0.1, -0.05) is 11.6 Å². The molecular weight excluding hydrogens is 278 g/mol. The molecule has 2 rings (SSSR count). The van der Waals surface area contributed by atoms with Crippen LogP contribution in [0.4, 0.5) is 5.95 Å². The number of carbonyl (C=O) groups is 1. The quantitative estimate of drug-likeness (QED) is 0.944. The van der Waals surface area contributed by atoms with E-state index in [2.05, 4.69) is 15.3 Å². The highest BCUT2D eigenvalue weighted by molar-refractivity contribution is 6.32. The fraction of sp³-hybridized carbons (Fsp3) is 0.214. The van der Waals surface area contributed by atoms with E-state index in [1.165, 1.54) is 7.11 Å². The van der Waals surface area contributed by atoms with Gasteiger partial charge in [0.15, 0.2) is 0 Å². The summed E-state index contributed by atoms with van der Waals surface area (Å²) in [5.41, 5.74) is 2.00. The molecule has 1 aromatic carbocycles. The molecule has 0 radical (unpaired) electrons. The Morgan fingerprint density at radius 2 is 1.85 bits per heavy atom. The summed E-state index contributed by atoms with van der Waals surface area (Å²) in [5.74, 6) is 0.477. The Morgan fingerprint density at radius 1 is 1.20 bits per heavy atom. The number of aryl methyl sites for hydroxylation is 2. The topological polar surface area (TPSA) is 64.1 Å². The van der Waals surface area contributed by atoms with Crippen molar-refractivity contribution in [1.29, 1.82) is 0 Å². The third-order valence-electron chi connectivity index (χ3n) is 2.62. The smallest absolute Gasteiger partial charge is 0.258 e. The number of ether oxygens (including phenoxy) is 1. The molecule has 0 saturated heterocycles. The monoisotopic (exact) mass is 291 g/mol. The van der Waals surface area contributed by atoms with Gasteiger partial charge in [-0.15, -0.1) is 0 Å². The summed E-state index contributed by atoms with van der Waals surface area (Å²) in [7, 11) is 1.52. The lowest BCUT2D eigenvalue weighted by Gasteiger charge is -2.07. The maximum atomic E-state index is 12.1. The fourth-order valence-corrected chi connectivity index (χ4v) is 2.02. The molecule has 0 fully saturated rings. The van der Waals surface area contributed by atoms with Crippen molar-refractivity contribution in [3.05, 3.63) is 46.2 Å². The summed E-state index contributed by atoms with van der Waals surface area (Å²) in [6.07, 6.45) is 0. The molecule has 20 heavy (non-hydrogen) atoms. The van der Waals surface area contributed by atoms with Crippen LogP contribution in [-0.4, -0.2) is 23.0 Å². The van der Waals surface area contributed by atoms with Crippen LogP contribution < -0.4 is 10.1 Å². The summed E-state index contributed by atoms with van der Waals surface area (Å²) < 4.78 is 5.04. The van der Waals surface area contributed by atoms with Crippen molar-refractivity contribution in [2.75, 3.05) is 12.4 Å². The Morgan fingerprint density at radius 3 is 2.40 bits per heavy atom. The largest absolute Gasteiger partial charge is 0.495 e.